The summed E-state index contributed by atoms with van der Waals surface area (Å²) in [5.74, 6) is -1.42. The van der Waals surface area contributed by atoms with Crippen LogP contribution < -0.4 is 4.72 Å². The number of aromatic nitrogens is 2. The van der Waals surface area contributed by atoms with Crippen molar-refractivity contribution in [3.63, 3.8) is 0 Å². The summed E-state index contributed by atoms with van der Waals surface area (Å²) in [7, 11) is -4.09. The summed E-state index contributed by atoms with van der Waals surface area (Å²) in [5.41, 5.74) is 1.30. The summed E-state index contributed by atoms with van der Waals surface area (Å²) < 4.78 is 26.3. The predicted octanol–water partition coefficient (Wildman–Crippen LogP) is 2.00. The van der Waals surface area contributed by atoms with E-state index in [9.17, 15) is 13.2 Å². The van der Waals surface area contributed by atoms with Gasteiger partial charge in [0.05, 0.1) is 11.2 Å². The molecule has 0 bridgehead atoms. The van der Waals surface area contributed by atoms with Crippen molar-refractivity contribution in [1.82, 2.24) is 9.97 Å². The van der Waals surface area contributed by atoms with Gasteiger partial charge in [0.1, 0.15) is 0 Å². The first-order valence-electron chi connectivity index (χ1n) is 5.13. The molecule has 2 rings (SSSR count). The van der Waals surface area contributed by atoms with Gasteiger partial charge >= 0.3 is 5.97 Å². The summed E-state index contributed by atoms with van der Waals surface area (Å²) in [6.45, 7) is 1.65. The van der Waals surface area contributed by atoms with Crippen LogP contribution in [0.5, 0.6) is 0 Å². The second kappa shape index (κ2) is 5.35. The standard InChI is InChI=1S/C10H8ClN3O4S2/c1-5-2-3-12-8(11)6(5)14-20(17,18)10-7(9(15)16)13-4-19-10/h2-4,14H,1H3,(H,15,16). The highest BCUT2D eigenvalue weighted by atomic mass is 35.5. The average Bonchev–Trinajstić information content (AvgIpc) is 2.84. The number of sulfonamides is 1. The fraction of sp³-hybridized carbons (Fsp3) is 0.100. The van der Waals surface area contributed by atoms with Crippen LogP contribution in [0.2, 0.25) is 5.15 Å². The lowest BCUT2D eigenvalue weighted by Crippen LogP contribution is -2.16. The maximum absolute atomic E-state index is 12.2. The van der Waals surface area contributed by atoms with Gasteiger partial charge in [0.15, 0.2) is 15.1 Å². The first-order chi connectivity index (χ1) is 9.33. The Balaban J connectivity index is 2.47. The monoisotopic (exact) mass is 333 g/mol. The van der Waals surface area contributed by atoms with Crippen molar-refractivity contribution in [1.29, 1.82) is 0 Å². The van der Waals surface area contributed by atoms with Gasteiger partial charge in [-0.25, -0.2) is 23.2 Å². The molecule has 0 aliphatic rings. The number of anilines is 1. The van der Waals surface area contributed by atoms with E-state index in [2.05, 4.69) is 14.7 Å². The first-order valence-corrected chi connectivity index (χ1v) is 7.87. The van der Waals surface area contributed by atoms with E-state index in [-0.39, 0.29) is 15.0 Å². The molecule has 0 saturated carbocycles. The van der Waals surface area contributed by atoms with Crippen LogP contribution in [0.3, 0.4) is 0 Å². The van der Waals surface area contributed by atoms with Gasteiger partial charge in [-0.2, -0.15) is 0 Å². The molecule has 0 spiro atoms. The van der Waals surface area contributed by atoms with Crippen molar-refractivity contribution < 1.29 is 18.3 Å². The van der Waals surface area contributed by atoms with Crippen LogP contribution in [0.1, 0.15) is 16.1 Å². The predicted molar refractivity (Wildman–Crippen MR) is 73.9 cm³/mol. The van der Waals surface area contributed by atoms with E-state index in [0.717, 1.165) is 5.51 Å². The number of carboxylic acid groups (broad SMARTS) is 1. The molecule has 0 unspecified atom stereocenters. The van der Waals surface area contributed by atoms with Crippen LogP contribution in [0.25, 0.3) is 0 Å². The zero-order valence-corrected chi connectivity index (χ0v) is 12.4. The topological polar surface area (TPSA) is 109 Å². The van der Waals surface area contributed by atoms with Crippen molar-refractivity contribution in [3.05, 3.63) is 34.2 Å². The Morgan fingerprint density at radius 1 is 1.45 bits per heavy atom. The normalized spacial score (nSPS) is 11.3. The number of carbonyl (C=O) groups is 1. The summed E-state index contributed by atoms with van der Waals surface area (Å²) in [4.78, 5) is 18.2. The molecule has 0 amide bonds. The van der Waals surface area contributed by atoms with Crippen molar-refractivity contribution >= 4 is 44.6 Å². The summed E-state index contributed by atoms with van der Waals surface area (Å²) in [6, 6.07) is 1.58. The fourth-order valence-corrected chi connectivity index (χ4v) is 3.99. The van der Waals surface area contributed by atoms with Crippen LogP contribution in [-0.2, 0) is 10.0 Å². The van der Waals surface area contributed by atoms with Gasteiger partial charge in [0, 0.05) is 6.20 Å². The third-order valence-corrected chi connectivity index (χ3v) is 5.34. The highest BCUT2D eigenvalue weighted by molar-refractivity contribution is 7.94. The number of thiazole rings is 1. The van der Waals surface area contributed by atoms with Gasteiger partial charge in [-0.3, -0.25) is 4.72 Å². The van der Waals surface area contributed by atoms with Crippen LogP contribution in [0, 0.1) is 6.92 Å². The number of rotatable bonds is 4. The third kappa shape index (κ3) is 2.74. The number of aromatic carboxylic acids is 1. The van der Waals surface area contributed by atoms with E-state index in [1.54, 1.807) is 13.0 Å². The minimum absolute atomic E-state index is 0.0186. The van der Waals surface area contributed by atoms with E-state index in [1.165, 1.54) is 6.20 Å². The molecule has 2 aromatic heterocycles. The molecular weight excluding hydrogens is 326 g/mol. The lowest BCUT2D eigenvalue weighted by Gasteiger charge is -2.10. The van der Waals surface area contributed by atoms with E-state index in [0.29, 0.717) is 16.9 Å². The molecule has 0 aliphatic carbocycles. The number of hydrogen-bond donors (Lipinski definition) is 2. The van der Waals surface area contributed by atoms with Gasteiger partial charge in [-0.1, -0.05) is 11.6 Å². The molecule has 0 saturated heterocycles. The van der Waals surface area contributed by atoms with Crippen LogP contribution in [-0.4, -0.2) is 29.5 Å². The third-order valence-electron chi connectivity index (χ3n) is 2.33. The van der Waals surface area contributed by atoms with Crippen LogP contribution in [0.4, 0.5) is 5.69 Å². The zero-order chi connectivity index (χ0) is 14.9. The lowest BCUT2D eigenvalue weighted by atomic mass is 10.3. The van der Waals surface area contributed by atoms with E-state index in [1.807, 2.05) is 0 Å². The van der Waals surface area contributed by atoms with E-state index >= 15 is 0 Å². The van der Waals surface area contributed by atoms with E-state index < -0.39 is 21.7 Å². The maximum atomic E-state index is 12.2. The number of carboxylic acids is 1. The molecule has 0 aliphatic heterocycles. The molecule has 20 heavy (non-hydrogen) atoms. The lowest BCUT2D eigenvalue weighted by molar-refractivity contribution is 0.0687. The van der Waals surface area contributed by atoms with Crippen LogP contribution >= 0.6 is 22.9 Å². The number of pyridine rings is 1. The molecule has 0 fully saturated rings. The number of nitrogens with one attached hydrogen (secondary N) is 1. The molecule has 106 valence electrons. The molecular formula is C10H8ClN3O4S2. The second-order valence-electron chi connectivity index (χ2n) is 3.69. The largest absolute Gasteiger partial charge is 0.476 e. The summed E-state index contributed by atoms with van der Waals surface area (Å²) in [5, 5.41) is 8.89. The van der Waals surface area contributed by atoms with Crippen molar-refractivity contribution in [2.45, 2.75) is 11.1 Å². The summed E-state index contributed by atoms with van der Waals surface area (Å²) in [6.07, 6.45) is 1.44. The molecule has 10 heteroatoms. The van der Waals surface area contributed by atoms with Crippen molar-refractivity contribution in [2.24, 2.45) is 0 Å². The molecule has 2 heterocycles. The smallest absolute Gasteiger partial charge is 0.356 e. The Bertz CT molecular complexity index is 752. The van der Waals surface area contributed by atoms with E-state index in [4.69, 9.17) is 16.7 Å². The molecule has 0 atom stereocenters. The summed E-state index contributed by atoms with van der Waals surface area (Å²) >= 11 is 6.54. The fourth-order valence-electron chi connectivity index (χ4n) is 1.40. The van der Waals surface area contributed by atoms with Gasteiger partial charge < -0.3 is 5.11 Å². The van der Waals surface area contributed by atoms with Gasteiger partial charge in [-0.05, 0) is 18.6 Å². The van der Waals surface area contributed by atoms with Gasteiger partial charge in [0.2, 0.25) is 0 Å². The van der Waals surface area contributed by atoms with Crippen molar-refractivity contribution in [3.8, 4) is 0 Å². The SMILES string of the molecule is Cc1ccnc(Cl)c1NS(=O)(=O)c1scnc1C(=O)O. The average molecular weight is 334 g/mol. The number of hydrogen-bond acceptors (Lipinski definition) is 6. The highest BCUT2D eigenvalue weighted by Crippen LogP contribution is 2.28. The minimum atomic E-state index is -4.09. The Kier molecular flexibility index (Phi) is 3.93. The Morgan fingerprint density at radius 3 is 2.75 bits per heavy atom. The minimum Gasteiger partial charge on any atom is -0.476 e. The Labute approximate surface area is 123 Å². The molecule has 7 nitrogen and oxygen atoms in total. The Morgan fingerprint density at radius 2 is 2.15 bits per heavy atom. The number of aryl methyl sites for hydroxylation is 1. The highest BCUT2D eigenvalue weighted by Gasteiger charge is 2.27. The van der Waals surface area contributed by atoms with Gasteiger partial charge in [0.25, 0.3) is 10.0 Å². The molecule has 2 aromatic rings. The van der Waals surface area contributed by atoms with Crippen molar-refractivity contribution in [2.75, 3.05) is 4.72 Å². The second-order valence-corrected chi connectivity index (χ2v) is 6.78. The van der Waals surface area contributed by atoms with Crippen LogP contribution in [0.15, 0.2) is 22.0 Å². The maximum Gasteiger partial charge on any atom is 0.356 e. The number of nitrogens with zero attached hydrogens (tertiary/aromatic N) is 2. The Hall–Kier alpha value is -1.71. The molecule has 0 radical (unpaired) electrons. The number of halogens is 1. The molecule has 0 aromatic carbocycles. The van der Waals surface area contributed by atoms with Gasteiger partial charge in [-0.15, -0.1) is 11.3 Å². The first kappa shape index (κ1) is 14.7. The zero-order valence-electron chi connectivity index (χ0n) is 9.99. The molecule has 2 N–H and O–H groups in total. The quantitative estimate of drug-likeness (QED) is 0.828.